The average Bonchev–Trinajstić information content (AvgIpc) is 2.28. The third-order valence-corrected chi connectivity index (χ3v) is 4.87. The van der Waals surface area contributed by atoms with E-state index in [0.29, 0.717) is 18.4 Å². The van der Waals surface area contributed by atoms with Gasteiger partial charge in [-0.15, -0.1) is 0 Å². The summed E-state index contributed by atoms with van der Waals surface area (Å²) in [5.74, 6) is -1.08. The summed E-state index contributed by atoms with van der Waals surface area (Å²) in [5, 5.41) is 9.09. The minimum Gasteiger partial charge on any atom is -0.480 e. The number of likely N-dealkylation sites (N-methyl/N-ethyl adjacent to an activating group) is 1. The number of hydrogen-bond acceptors (Lipinski definition) is 3. The van der Waals surface area contributed by atoms with Gasteiger partial charge in [-0.25, -0.2) is 0 Å². The zero-order chi connectivity index (χ0) is 13.9. The van der Waals surface area contributed by atoms with Crippen LogP contribution in [0.15, 0.2) is 12.2 Å². The first-order valence-corrected chi connectivity index (χ1v) is 7.27. The van der Waals surface area contributed by atoms with E-state index in [1.165, 1.54) is 7.05 Å². The number of aliphatic carboxylic acids is 1. The van der Waals surface area contributed by atoms with Gasteiger partial charge in [0, 0.05) is 20.1 Å². The van der Waals surface area contributed by atoms with Gasteiger partial charge in [0.15, 0.2) is 0 Å². The first-order valence-electron chi connectivity index (χ1n) is 5.87. The van der Waals surface area contributed by atoms with Crippen molar-refractivity contribution in [2.45, 2.75) is 32.2 Å². The molecule has 1 aliphatic heterocycles. The van der Waals surface area contributed by atoms with Crippen molar-refractivity contribution in [3.05, 3.63) is 12.2 Å². The van der Waals surface area contributed by atoms with Crippen LogP contribution in [0.2, 0.25) is 0 Å². The van der Waals surface area contributed by atoms with Crippen molar-refractivity contribution < 1.29 is 18.3 Å². The number of carbonyl (C=O) groups is 1. The molecule has 1 rings (SSSR count). The molecule has 0 amide bonds. The first-order chi connectivity index (χ1) is 8.26. The number of carboxylic acid groups (broad SMARTS) is 1. The van der Waals surface area contributed by atoms with Gasteiger partial charge in [0.2, 0.25) is 0 Å². The van der Waals surface area contributed by atoms with Gasteiger partial charge in [-0.05, 0) is 26.2 Å². The van der Waals surface area contributed by atoms with Crippen molar-refractivity contribution >= 4 is 16.2 Å². The van der Waals surface area contributed by atoms with E-state index >= 15 is 0 Å². The fourth-order valence-corrected chi connectivity index (χ4v) is 3.69. The van der Waals surface area contributed by atoms with Crippen molar-refractivity contribution in [2.75, 3.05) is 20.1 Å². The Hall–Kier alpha value is -0.920. The molecule has 0 aromatic rings. The largest absolute Gasteiger partial charge is 0.480 e. The maximum Gasteiger partial charge on any atom is 0.322 e. The molecule has 0 aromatic carbocycles. The molecule has 0 radical (unpaired) electrons. The minimum atomic E-state index is -3.73. The van der Waals surface area contributed by atoms with Crippen molar-refractivity contribution in [2.24, 2.45) is 0 Å². The Balaban J connectivity index is 2.94. The summed E-state index contributed by atoms with van der Waals surface area (Å²) in [5.41, 5.74) is 0.713. The van der Waals surface area contributed by atoms with Crippen LogP contribution < -0.4 is 0 Å². The molecule has 104 valence electrons. The van der Waals surface area contributed by atoms with Crippen LogP contribution in [0.1, 0.15) is 26.2 Å². The zero-order valence-electron chi connectivity index (χ0n) is 10.8. The Bertz CT molecular complexity index is 432. The molecule has 6 nitrogen and oxygen atoms in total. The molecule has 1 aliphatic rings. The predicted molar refractivity (Wildman–Crippen MR) is 68.3 cm³/mol. The molecule has 0 spiro atoms. The van der Waals surface area contributed by atoms with Gasteiger partial charge in [-0.1, -0.05) is 12.2 Å². The van der Waals surface area contributed by atoms with Gasteiger partial charge in [0.05, 0.1) is 0 Å². The highest BCUT2D eigenvalue weighted by molar-refractivity contribution is 7.86. The second-order valence-corrected chi connectivity index (χ2v) is 6.67. The standard InChI is InChI=1S/C11H20N2O4S/c1-9(2)8-12(3)18(16,17)13-7-5-4-6-10(13)11(14)15/h10H,1,4-8H2,2-3H3,(H,14,15). The van der Waals surface area contributed by atoms with Crippen LogP contribution in [0.3, 0.4) is 0 Å². The van der Waals surface area contributed by atoms with Crippen LogP contribution >= 0.6 is 0 Å². The van der Waals surface area contributed by atoms with Gasteiger partial charge in [0.1, 0.15) is 6.04 Å². The molecule has 0 bridgehead atoms. The molecule has 1 N–H and O–H groups in total. The lowest BCUT2D eigenvalue weighted by Gasteiger charge is -2.34. The lowest BCUT2D eigenvalue weighted by Crippen LogP contribution is -2.52. The molecular weight excluding hydrogens is 256 g/mol. The SMILES string of the molecule is C=C(C)CN(C)S(=O)(=O)N1CCCCC1C(=O)O. The molecule has 1 heterocycles. The van der Waals surface area contributed by atoms with E-state index in [1.54, 1.807) is 6.92 Å². The highest BCUT2D eigenvalue weighted by Gasteiger charge is 2.38. The molecule has 1 saturated heterocycles. The monoisotopic (exact) mass is 276 g/mol. The predicted octanol–water partition coefficient (Wildman–Crippen LogP) is 0.678. The van der Waals surface area contributed by atoms with Crippen molar-refractivity contribution in [1.82, 2.24) is 8.61 Å². The normalized spacial score (nSPS) is 22.1. The summed E-state index contributed by atoms with van der Waals surface area (Å²) in [6.45, 7) is 5.86. The summed E-state index contributed by atoms with van der Waals surface area (Å²) in [4.78, 5) is 11.1. The first kappa shape index (κ1) is 15.1. The zero-order valence-corrected chi connectivity index (χ0v) is 11.6. The van der Waals surface area contributed by atoms with Gasteiger partial charge in [-0.2, -0.15) is 17.0 Å². The molecule has 1 atom stereocenters. The van der Waals surface area contributed by atoms with E-state index in [-0.39, 0.29) is 13.1 Å². The van der Waals surface area contributed by atoms with E-state index in [4.69, 9.17) is 5.11 Å². The van der Waals surface area contributed by atoms with Crippen molar-refractivity contribution in [3.8, 4) is 0 Å². The molecule has 18 heavy (non-hydrogen) atoms. The van der Waals surface area contributed by atoms with Gasteiger partial charge in [0.25, 0.3) is 10.2 Å². The lowest BCUT2D eigenvalue weighted by molar-refractivity contribution is -0.142. The molecule has 7 heteroatoms. The Morgan fingerprint density at radius 2 is 2.11 bits per heavy atom. The lowest BCUT2D eigenvalue weighted by atomic mass is 10.1. The third kappa shape index (κ3) is 3.30. The van der Waals surface area contributed by atoms with Crippen molar-refractivity contribution in [1.29, 1.82) is 0 Å². The smallest absolute Gasteiger partial charge is 0.322 e. The number of hydrogen-bond donors (Lipinski definition) is 1. The number of piperidine rings is 1. The van der Waals surface area contributed by atoms with Gasteiger partial charge < -0.3 is 5.11 Å². The Morgan fingerprint density at radius 3 is 2.61 bits per heavy atom. The summed E-state index contributed by atoms with van der Waals surface area (Å²) < 4.78 is 26.8. The molecular formula is C11H20N2O4S. The van der Waals surface area contributed by atoms with E-state index in [0.717, 1.165) is 15.0 Å². The molecule has 0 saturated carbocycles. The van der Waals surface area contributed by atoms with E-state index in [2.05, 4.69) is 6.58 Å². The quantitative estimate of drug-likeness (QED) is 0.749. The average molecular weight is 276 g/mol. The van der Waals surface area contributed by atoms with Crippen LogP contribution in [0.5, 0.6) is 0 Å². The highest BCUT2D eigenvalue weighted by atomic mass is 32.2. The number of nitrogens with zero attached hydrogens (tertiary/aromatic N) is 2. The van der Waals surface area contributed by atoms with Crippen molar-refractivity contribution in [3.63, 3.8) is 0 Å². The van der Waals surface area contributed by atoms with Crippen LogP contribution in [0, 0.1) is 0 Å². The fraction of sp³-hybridized carbons (Fsp3) is 0.727. The summed E-state index contributed by atoms with van der Waals surface area (Å²) in [6, 6.07) is -0.948. The molecule has 1 unspecified atom stereocenters. The summed E-state index contributed by atoms with van der Waals surface area (Å²) >= 11 is 0. The maximum absolute atomic E-state index is 12.3. The number of rotatable bonds is 5. The van der Waals surface area contributed by atoms with E-state index < -0.39 is 22.2 Å². The Morgan fingerprint density at radius 1 is 1.50 bits per heavy atom. The second kappa shape index (κ2) is 5.81. The van der Waals surface area contributed by atoms with Crippen LogP contribution in [-0.2, 0) is 15.0 Å². The van der Waals surface area contributed by atoms with Crippen LogP contribution in [0.25, 0.3) is 0 Å². The third-order valence-electron chi connectivity index (χ3n) is 2.92. The minimum absolute atomic E-state index is 0.200. The Labute approximate surface area is 108 Å². The van der Waals surface area contributed by atoms with Gasteiger partial charge in [-0.3, -0.25) is 4.79 Å². The van der Waals surface area contributed by atoms with Crippen LogP contribution in [-0.4, -0.2) is 54.3 Å². The summed E-state index contributed by atoms with van der Waals surface area (Å²) in [6.07, 6.45) is 1.81. The van der Waals surface area contributed by atoms with E-state index in [1.807, 2.05) is 0 Å². The second-order valence-electron chi connectivity index (χ2n) is 4.68. The fourth-order valence-electron chi connectivity index (χ4n) is 2.07. The van der Waals surface area contributed by atoms with Crippen LogP contribution in [0.4, 0.5) is 0 Å². The molecule has 0 aromatic heterocycles. The van der Waals surface area contributed by atoms with Gasteiger partial charge >= 0.3 is 5.97 Å². The summed E-state index contributed by atoms with van der Waals surface area (Å²) in [7, 11) is -2.28. The Kier molecular flexibility index (Phi) is 4.89. The topological polar surface area (TPSA) is 77.9 Å². The van der Waals surface area contributed by atoms with E-state index in [9.17, 15) is 13.2 Å². The maximum atomic E-state index is 12.3. The molecule has 0 aliphatic carbocycles. The highest BCUT2D eigenvalue weighted by Crippen LogP contribution is 2.22. The molecule has 1 fully saturated rings. The number of carboxylic acids is 1.